The molecule has 2 fully saturated rings. The van der Waals surface area contributed by atoms with Crippen molar-refractivity contribution < 1.29 is 13.2 Å². The standard InChI is InChI=1S/C10H18N2O3S/c1-8(2)12-9(13)10(11-16(12,14)15)6-4-3-5-7-10/h8,11H,3-7H2,1-2H3. The first-order chi connectivity index (χ1) is 7.39. The Morgan fingerprint density at radius 2 is 1.81 bits per heavy atom. The summed E-state index contributed by atoms with van der Waals surface area (Å²) in [5.74, 6) is -0.262. The van der Waals surface area contributed by atoms with E-state index in [1.807, 2.05) is 0 Å². The van der Waals surface area contributed by atoms with Gasteiger partial charge in [0.1, 0.15) is 5.54 Å². The Kier molecular flexibility index (Phi) is 2.74. The van der Waals surface area contributed by atoms with Crippen LogP contribution in [0.5, 0.6) is 0 Å². The van der Waals surface area contributed by atoms with Gasteiger partial charge in [0.25, 0.3) is 5.91 Å². The summed E-state index contributed by atoms with van der Waals surface area (Å²) in [6.45, 7) is 3.44. The molecule has 1 heterocycles. The summed E-state index contributed by atoms with van der Waals surface area (Å²) in [5, 5.41) is 0. The first kappa shape index (κ1) is 11.9. The van der Waals surface area contributed by atoms with E-state index in [-0.39, 0.29) is 11.9 Å². The first-order valence-corrected chi connectivity index (χ1v) is 7.21. The largest absolute Gasteiger partial charge is 0.305 e. The summed E-state index contributed by atoms with van der Waals surface area (Å²) in [6, 6.07) is -0.314. The zero-order chi connectivity index (χ0) is 12.0. The normalized spacial score (nSPS) is 27.9. The Bertz CT molecular complexity index is 396. The Morgan fingerprint density at radius 3 is 2.25 bits per heavy atom. The van der Waals surface area contributed by atoms with Gasteiger partial charge in [-0.3, -0.25) is 4.79 Å². The van der Waals surface area contributed by atoms with Gasteiger partial charge in [-0.1, -0.05) is 19.3 Å². The molecule has 1 spiro atoms. The molecule has 0 aromatic carbocycles. The number of nitrogens with zero attached hydrogens (tertiary/aromatic N) is 1. The molecule has 1 amide bonds. The third-order valence-electron chi connectivity index (χ3n) is 3.37. The zero-order valence-corrected chi connectivity index (χ0v) is 10.5. The van der Waals surface area contributed by atoms with Crippen molar-refractivity contribution in [1.29, 1.82) is 0 Å². The van der Waals surface area contributed by atoms with Crippen LogP contribution in [0.2, 0.25) is 0 Å². The molecule has 0 atom stereocenters. The summed E-state index contributed by atoms with van der Waals surface area (Å²) < 4.78 is 27.3. The molecule has 92 valence electrons. The zero-order valence-electron chi connectivity index (χ0n) is 9.69. The van der Waals surface area contributed by atoms with Crippen LogP contribution >= 0.6 is 0 Å². The molecule has 0 aromatic heterocycles. The van der Waals surface area contributed by atoms with Gasteiger partial charge in [0.05, 0.1) is 0 Å². The molecule has 5 nitrogen and oxygen atoms in total. The quantitative estimate of drug-likeness (QED) is 0.743. The van der Waals surface area contributed by atoms with Crippen LogP contribution in [0.15, 0.2) is 0 Å². The van der Waals surface area contributed by atoms with Gasteiger partial charge in [0.2, 0.25) is 0 Å². The fourth-order valence-electron chi connectivity index (χ4n) is 2.64. The first-order valence-electron chi connectivity index (χ1n) is 5.77. The average molecular weight is 246 g/mol. The SMILES string of the molecule is CC(C)N1C(=O)C2(CCCCC2)NS1(=O)=O. The monoisotopic (exact) mass is 246 g/mol. The number of hydrogen-bond donors (Lipinski definition) is 1. The van der Waals surface area contributed by atoms with Crippen molar-refractivity contribution in [2.75, 3.05) is 0 Å². The third kappa shape index (κ3) is 1.64. The highest BCUT2D eigenvalue weighted by Gasteiger charge is 2.55. The van der Waals surface area contributed by atoms with E-state index in [0.717, 1.165) is 23.6 Å². The maximum atomic E-state index is 12.2. The van der Waals surface area contributed by atoms with Gasteiger partial charge < -0.3 is 0 Å². The third-order valence-corrected chi connectivity index (χ3v) is 5.12. The number of carbonyl (C=O) groups is 1. The van der Waals surface area contributed by atoms with Crippen LogP contribution < -0.4 is 4.72 Å². The minimum absolute atomic E-state index is 0.262. The van der Waals surface area contributed by atoms with Crippen molar-refractivity contribution in [3.05, 3.63) is 0 Å². The van der Waals surface area contributed by atoms with Crippen molar-refractivity contribution in [2.45, 2.75) is 57.5 Å². The number of nitrogens with one attached hydrogen (secondary N) is 1. The molecular formula is C10H18N2O3S. The van der Waals surface area contributed by atoms with E-state index in [2.05, 4.69) is 4.72 Å². The maximum absolute atomic E-state index is 12.2. The van der Waals surface area contributed by atoms with E-state index in [1.54, 1.807) is 13.8 Å². The van der Waals surface area contributed by atoms with Crippen molar-refractivity contribution in [3.63, 3.8) is 0 Å². The highest BCUT2D eigenvalue weighted by atomic mass is 32.2. The summed E-state index contributed by atoms with van der Waals surface area (Å²) in [4.78, 5) is 12.2. The van der Waals surface area contributed by atoms with Gasteiger partial charge in [0, 0.05) is 6.04 Å². The highest BCUT2D eigenvalue weighted by molar-refractivity contribution is 7.88. The molecule has 6 heteroatoms. The van der Waals surface area contributed by atoms with E-state index < -0.39 is 15.7 Å². The molecule has 0 bridgehead atoms. The van der Waals surface area contributed by atoms with Crippen molar-refractivity contribution >= 4 is 16.1 Å². The number of amides is 1. The molecule has 1 aliphatic carbocycles. The van der Waals surface area contributed by atoms with Crippen LogP contribution in [0.4, 0.5) is 0 Å². The predicted octanol–water partition coefficient (Wildman–Crippen LogP) is 0.774. The van der Waals surface area contributed by atoms with Crippen molar-refractivity contribution in [3.8, 4) is 0 Å². The smallest absolute Gasteiger partial charge is 0.272 e. The lowest BCUT2D eigenvalue weighted by Gasteiger charge is -2.29. The highest BCUT2D eigenvalue weighted by Crippen LogP contribution is 2.36. The van der Waals surface area contributed by atoms with Gasteiger partial charge in [-0.05, 0) is 26.7 Å². The van der Waals surface area contributed by atoms with Crippen LogP contribution in [0.3, 0.4) is 0 Å². The molecule has 0 radical (unpaired) electrons. The number of rotatable bonds is 1. The second kappa shape index (κ2) is 3.70. The van der Waals surface area contributed by atoms with E-state index in [9.17, 15) is 13.2 Å². The van der Waals surface area contributed by atoms with Crippen LogP contribution in [-0.4, -0.2) is 30.2 Å². The topological polar surface area (TPSA) is 66.5 Å². The molecular weight excluding hydrogens is 228 g/mol. The minimum Gasteiger partial charge on any atom is -0.272 e. The minimum atomic E-state index is -3.61. The second-order valence-corrected chi connectivity index (χ2v) is 6.49. The molecule has 0 unspecified atom stereocenters. The van der Waals surface area contributed by atoms with E-state index in [0.29, 0.717) is 12.8 Å². The predicted molar refractivity (Wildman–Crippen MR) is 59.9 cm³/mol. The molecule has 1 saturated heterocycles. The summed E-state index contributed by atoms with van der Waals surface area (Å²) in [5.41, 5.74) is -0.832. The fourth-order valence-corrected chi connectivity index (χ4v) is 4.47. The second-order valence-electron chi connectivity index (χ2n) is 4.94. The van der Waals surface area contributed by atoms with Gasteiger partial charge in [-0.2, -0.15) is 13.1 Å². The van der Waals surface area contributed by atoms with Crippen LogP contribution in [0, 0.1) is 0 Å². The lowest BCUT2D eigenvalue weighted by molar-refractivity contribution is -0.132. The summed E-state index contributed by atoms with van der Waals surface area (Å²) >= 11 is 0. The lowest BCUT2D eigenvalue weighted by atomic mass is 9.82. The van der Waals surface area contributed by atoms with Crippen LogP contribution in [0.25, 0.3) is 0 Å². The summed E-state index contributed by atoms with van der Waals surface area (Å²) in [6.07, 6.45) is 4.18. The number of hydrogen-bond acceptors (Lipinski definition) is 3. The lowest BCUT2D eigenvalue weighted by Crippen LogP contribution is -2.48. The summed E-state index contributed by atoms with van der Waals surface area (Å²) in [7, 11) is -3.61. The van der Waals surface area contributed by atoms with E-state index in [1.165, 1.54) is 0 Å². The molecule has 0 aromatic rings. The van der Waals surface area contributed by atoms with Crippen LogP contribution in [-0.2, 0) is 15.0 Å². The molecule has 1 N–H and O–H groups in total. The molecule has 16 heavy (non-hydrogen) atoms. The number of carbonyl (C=O) groups excluding carboxylic acids is 1. The molecule has 2 rings (SSSR count). The average Bonchev–Trinajstić information content (AvgIpc) is 2.34. The van der Waals surface area contributed by atoms with Crippen LogP contribution in [0.1, 0.15) is 46.0 Å². The Labute approximate surface area is 96.4 Å². The fraction of sp³-hybridized carbons (Fsp3) is 0.900. The van der Waals surface area contributed by atoms with Gasteiger partial charge in [-0.25, -0.2) is 4.31 Å². The van der Waals surface area contributed by atoms with E-state index >= 15 is 0 Å². The van der Waals surface area contributed by atoms with Crippen molar-refractivity contribution in [1.82, 2.24) is 9.03 Å². The Hall–Kier alpha value is -0.620. The van der Waals surface area contributed by atoms with Gasteiger partial charge in [-0.15, -0.1) is 0 Å². The van der Waals surface area contributed by atoms with Gasteiger partial charge in [0.15, 0.2) is 0 Å². The maximum Gasteiger partial charge on any atom is 0.305 e. The molecule has 1 saturated carbocycles. The Morgan fingerprint density at radius 1 is 1.25 bits per heavy atom. The Balaban J connectivity index is 2.37. The van der Waals surface area contributed by atoms with Gasteiger partial charge >= 0.3 is 10.2 Å². The molecule has 1 aliphatic heterocycles. The molecule has 2 aliphatic rings. The van der Waals surface area contributed by atoms with Crippen molar-refractivity contribution in [2.24, 2.45) is 0 Å². The van der Waals surface area contributed by atoms with E-state index in [4.69, 9.17) is 0 Å².